The molecule has 4 heteroatoms. The Labute approximate surface area is 180 Å². The highest BCUT2D eigenvalue weighted by Crippen LogP contribution is 2.61. The molecule has 0 amide bonds. The summed E-state index contributed by atoms with van der Waals surface area (Å²) in [5.41, 5.74) is 7.94. The third kappa shape index (κ3) is 2.78. The Morgan fingerprint density at radius 2 is 1.31 bits per heavy atom. The highest BCUT2D eigenvalue weighted by molar-refractivity contribution is 7.16. The maximum absolute atomic E-state index is 2.94. The molecule has 1 heterocycles. The van der Waals surface area contributed by atoms with E-state index in [9.17, 15) is 0 Å². The molecule has 3 rings (SSSR count). The zero-order chi connectivity index (χ0) is 22.2. The largest absolute Gasteiger partial charge is 0.297 e. The number of amidine groups is 1. The molecule has 2 aliphatic rings. The molecule has 1 aromatic rings. The molecule has 0 saturated heterocycles. The summed E-state index contributed by atoms with van der Waals surface area (Å²) in [6, 6.07) is 11.1. The normalized spacial score (nSPS) is 25.2. The Kier molecular flexibility index (Phi) is 4.94. The van der Waals surface area contributed by atoms with E-state index >= 15 is 0 Å². The van der Waals surface area contributed by atoms with Gasteiger partial charge in [0.1, 0.15) is 0 Å². The number of hydrogen-bond donors (Lipinski definition) is 0. The van der Waals surface area contributed by atoms with Crippen molar-refractivity contribution in [3.63, 3.8) is 0 Å². The van der Waals surface area contributed by atoms with Crippen molar-refractivity contribution in [3.05, 3.63) is 58.2 Å². The van der Waals surface area contributed by atoms with Crippen molar-refractivity contribution in [1.82, 2.24) is 4.57 Å². The van der Waals surface area contributed by atoms with Crippen LogP contribution in [0.2, 0.25) is 5.04 Å². The smallest absolute Gasteiger partial charge is 0.297 e. The SMILES string of the molecule is [BH3-][Si@]1(C2(C)C(C)=C(C)C(C)=C2C)N(C(C)(C)C)C(c2ccccc2)=[N+]1C(C)(C)C. The van der Waals surface area contributed by atoms with Crippen LogP contribution in [0.3, 0.4) is 0 Å². The molecule has 0 aromatic heterocycles. The monoisotopic (exact) mass is 408 g/mol. The molecule has 29 heavy (non-hydrogen) atoms. The van der Waals surface area contributed by atoms with E-state index in [1.165, 1.54) is 22.5 Å². The van der Waals surface area contributed by atoms with Crippen LogP contribution in [0.15, 0.2) is 52.6 Å². The molecule has 1 aliphatic heterocycles. The van der Waals surface area contributed by atoms with Gasteiger partial charge < -0.3 is 0 Å². The summed E-state index contributed by atoms with van der Waals surface area (Å²) >= 11 is 0. The molecule has 158 valence electrons. The molecule has 1 aliphatic carbocycles. The van der Waals surface area contributed by atoms with Gasteiger partial charge in [0.15, 0.2) is 0 Å². The summed E-state index contributed by atoms with van der Waals surface area (Å²) in [5, 5.41) is 0.194. The van der Waals surface area contributed by atoms with Crippen molar-refractivity contribution in [3.8, 4) is 0 Å². The maximum atomic E-state index is 2.94. The van der Waals surface area contributed by atoms with Gasteiger partial charge in [0.2, 0.25) is 0 Å². The third-order valence-corrected chi connectivity index (χ3v) is 11.1. The zero-order valence-electron chi connectivity index (χ0n) is 19.8. The van der Waals surface area contributed by atoms with Crippen molar-refractivity contribution >= 4 is 21.5 Å². The first-order valence-corrected chi connectivity index (χ1v) is 11.9. The van der Waals surface area contributed by atoms with Gasteiger partial charge >= 0.3 is 0 Å². The van der Waals surface area contributed by atoms with Gasteiger partial charge in [-0.05, 0) is 99.4 Å². The highest BCUT2D eigenvalue weighted by Gasteiger charge is 2.71. The average Bonchev–Trinajstić information content (AvgIpc) is 2.74. The van der Waals surface area contributed by atoms with Crippen LogP contribution in [0.1, 0.15) is 81.7 Å². The summed E-state index contributed by atoms with van der Waals surface area (Å²) in [4.78, 5) is 0. The molecule has 0 spiro atoms. The quantitative estimate of drug-likeness (QED) is 0.617. The summed E-state index contributed by atoms with van der Waals surface area (Å²) < 4.78 is 5.89. The zero-order valence-corrected chi connectivity index (χ0v) is 20.8. The van der Waals surface area contributed by atoms with Crippen LogP contribution in [-0.2, 0) is 0 Å². The van der Waals surface area contributed by atoms with Gasteiger partial charge in [-0.25, -0.2) is 0 Å². The molecular formula is C25H41BN2Si. The van der Waals surface area contributed by atoms with Crippen LogP contribution in [0.5, 0.6) is 0 Å². The second kappa shape index (κ2) is 6.47. The van der Waals surface area contributed by atoms with Crippen LogP contribution < -0.4 is 0 Å². The molecule has 1 aromatic carbocycles. The first-order chi connectivity index (χ1) is 13.1. The van der Waals surface area contributed by atoms with E-state index in [2.05, 4.69) is 115 Å². The predicted octanol–water partition coefficient (Wildman–Crippen LogP) is 5.11. The van der Waals surface area contributed by atoms with Crippen molar-refractivity contribution in [2.24, 2.45) is 0 Å². The lowest BCUT2D eigenvalue weighted by atomic mass is 9.97. The molecular weight excluding hydrogens is 367 g/mol. The van der Waals surface area contributed by atoms with E-state index in [0.717, 1.165) is 0 Å². The van der Waals surface area contributed by atoms with Crippen molar-refractivity contribution in [2.45, 2.75) is 92.3 Å². The van der Waals surface area contributed by atoms with Gasteiger partial charge in [0.05, 0.1) is 29.1 Å². The molecule has 0 fully saturated rings. The van der Waals surface area contributed by atoms with Gasteiger partial charge in [0, 0.05) is 0 Å². The Bertz CT molecular complexity index is 917. The van der Waals surface area contributed by atoms with Gasteiger partial charge in [-0.15, -0.1) is 0 Å². The van der Waals surface area contributed by atoms with E-state index in [-0.39, 0.29) is 23.6 Å². The molecule has 1 atom stereocenters. The van der Waals surface area contributed by atoms with Crippen LogP contribution >= 0.6 is 0 Å². The number of allylic oxidation sites excluding steroid dienone is 4. The Hall–Kier alpha value is -1.55. The average molecular weight is 409 g/mol. The second-order valence-electron chi connectivity index (χ2n) is 10.7. The van der Waals surface area contributed by atoms with Crippen LogP contribution in [0, 0.1) is 0 Å². The van der Waals surface area contributed by atoms with E-state index in [4.69, 9.17) is 0 Å². The number of rotatable bonds is 2. The van der Waals surface area contributed by atoms with E-state index in [1.807, 2.05) is 0 Å². The predicted molar refractivity (Wildman–Crippen MR) is 133 cm³/mol. The summed E-state index contributed by atoms with van der Waals surface area (Å²) in [5.74, 6) is 1.47. The van der Waals surface area contributed by atoms with Gasteiger partial charge in [0.25, 0.3) is 14.1 Å². The standard InChI is InChI=1S/C25H41BN2Si/c1-17-18(2)20(4)25(11,19(17)3)29(26)27(23(5,6)7)22(28(29)24(8,9)10)21-15-13-12-14-16-21/h12-16H,1-11,26H3. The number of benzene rings is 1. The lowest BCUT2D eigenvalue weighted by Crippen LogP contribution is -2.87. The third-order valence-electron chi connectivity index (χ3n) is 6.86. The Balaban J connectivity index is 2.43. The fraction of sp³-hybridized carbons (Fsp3) is 0.560. The summed E-state index contributed by atoms with van der Waals surface area (Å²) in [6.07, 6.45) is 0. The molecule has 0 unspecified atom stereocenters. The topological polar surface area (TPSA) is 6.25 Å². The van der Waals surface area contributed by atoms with Crippen LogP contribution in [0.25, 0.3) is 0 Å². The minimum Gasteiger partial charge on any atom is -0.297 e. The molecule has 0 saturated carbocycles. The van der Waals surface area contributed by atoms with Crippen molar-refractivity contribution in [2.75, 3.05) is 0 Å². The van der Waals surface area contributed by atoms with Gasteiger partial charge in [-0.2, -0.15) is 0 Å². The second-order valence-corrected chi connectivity index (χ2v) is 13.2. The van der Waals surface area contributed by atoms with E-state index in [1.54, 1.807) is 11.1 Å². The van der Waals surface area contributed by atoms with E-state index in [0.29, 0.717) is 0 Å². The van der Waals surface area contributed by atoms with E-state index < -0.39 is 8.27 Å². The summed E-state index contributed by atoms with van der Waals surface area (Å²) in [7, 11) is -1.87. The Morgan fingerprint density at radius 1 is 0.862 bits per heavy atom. The molecule has 0 bridgehead atoms. The van der Waals surface area contributed by atoms with Crippen LogP contribution in [-0.4, -0.2) is 41.4 Å². The number of nitrogens with zero attached hydrogens (tertiary/aromatic N) is 2. The minimum atomic E-state index is -1.91. The number of hydrogen-bond acceptors (Lipinski definition) is 1. The minimum absolute atomic E-state index is 0.0401. The Morgan fingerprint density at radius 3 is 1.69 bits per heavy atom. The lowest BCUT2D eigenvalue weighted by molar-refractivity contribution is -0.516. The van der Waals surface area contributed by atoms with Crippen LogP contribution in [0.4, 0.5) is 0 Å². The highest BCUT2D eigenvalue weighted by atomic mass is 28.3. The fourth-order valence-corrected chi connectivity index (χ4v) is 8.98. The molecule has 0 radical (unpaired) electrons. The summed E-state index contributed by atoms with van der Waals surface area (Å²) in [6.45, 7) is 26.7. The first-order valence-electron chi connectivity index (χ1n) is 10.5. The first kappa shape index (κ1) is 22.1. The van der Waals surface area contributed by atoms with Crippen molar-refractivity contribution in [1.29, 1.82) is 0 Å². The fourth-order valence-electron chi connectivity index (χ4n) is 4.85. The van der Waals surface area contributed by atoms with Gasteiger partial charge in [-0.3, -0.25) is 8.81 Å². The molecule has 2 nitrogen and oxygen atoms in total. The molecule has 0 N–H and O–H groups in total. The lowest BCUT2D eigenvalue weighted by Gasteiger charge is -2.64. The van der Waals surface area contributed by atoms with Crippen molar-refractivity contribution < 1.29 is 4.24 Å². The maximum Gasteiger partial charge on any atom is 0.297 e. The van der Waals surface area contributed by atoms with Gasteiger partial charge in [-0.1, -0.05) is 29.3 Å².